The summed E-state index contributed by atoms with van der Waals surface area (Å²) in [4.78, 5) is 16.6. The number of H-pyrrole nitrogens is 1. The molecule has 3 aliphatic rings. The van der Waals surface area contributed by atoms with E-state index in [1.165, 1.54) is 31.7 Å². The Morgan fingerprint density at radius 3 is 2.95 bits per heavy atom. The third kappa shape index (κ3) is 3.30. The van der Waals surface area contributed by atoms with Gasteiger partial charge in [0.1, 0.15) is 11.2 Å². The minimum Gasteiger partial charge on any atom is -0.364 e. The first-order chi connectivity index (χ1) is 18.6. The normalized spacial score (nSPS) is 22.0. The van der Waals surface area contributed by atoms with Crippen LogP contribution in [0.4, 0.5) is 0 Å². The molecule has 7 heterocycles. The van der Waals surface area contributed by atoms with Gasteiger partial charge in [0, 0.05) is 100 Å². The van der Waals surface area contributed by atoms with Crippen molar-refractivity contribution in [1.82, 2.24) is 29.6 Å². The highest BCUT2D eigenvalue weighted by molar-refractivity contribution is 7.22. The number of aromatic nitrogens is 5. The van der Waals surface area contributed by atoms with Gasteiger partial charge in [0.2, 0.25) is 0 Å². The monoisotopic (exact) mass is 521 g/mol. The zero-order chi connectivity index (χ0) is 25.5. The molecule has 8 nitrogen and oxygen atoms in total. The fourth-order valence-corrected chi connectivity index (χ4v) is 7.75. The van der Waals surface area contributed by atoms with Gasteiger partial charge in [0.15, 0.2) is 0 Å². The van der Waals surface area contributed by atoms with E-state index in [0.717, 1.165) is 61.2 Å². The van der Waals surface area contributed by atoms with E-state index in [2.05, 4.69) is 44.4 Å². The fraction of sp³-hybridized carbons (Fsp3) is 0.379. The summed E-state index contributed by atoms with van der Waals surface area (Å²) in [5.41, 5.74) is 6.43. The van der Waals surface area contributed by atoms with E-state index in [9.17, 15) is 5.26 Å². The zero-order valence-electron chi connectivity index (χ0n) is 21.2. The average molecular weight is 522 g/mol. The molecule has 8 rings (SSSR count). The number of likely N-dealkylation sites (tertiary alicyclic amines) is 1. The van der Waals surface area contributed by atoms with Crippen LogP contribution in [0.5, 0.6) is 0 Å². The maximum Gasteiger partial charge on any atom is 0.138 e. The van der Waals surface area contributed by atoms with Crippen molar-refractivity contribution in [3.63, 3.8) is 0 Å². The molecule has 5 aromatic rings. The van der Waals surface area contributed by atoms with Crippen LogP contribution >= 0.6 is 11.3 Å². The first-order valence-corrected chi connectivity index (χ1v) is 14.0. The summed E-state index contributed by atoms with van der Waals surface area (Å²) in [7, 11) is 1.95. The molecular weight excluding hydrogens is 494 g/mol. The predicted molar refractivity (Wildman–Crippen MR) is 146 cm³/mol. The molecule has 1 saturated heterocycles. The van der Waals surface area contributed by atoms with Crippen molar-refractivity contribution in [1.29, 1.82) is 5.26 Å². The van der Waals surface area contributed by atoms with Crippen LogP contribution in [-0.2, 0) is 24.0 Å². The Kier molecular flexibility index (Phi) is 4.70. The first kappa shape index (κ1) is 22.4. The van der Waals surface area contributed by atoms with E-state index in [-0.39, 0.29) is 11.0 Å². The maximum absolute atomic E-state index is 9.35. The molecule has 2 aliphatic heterocycles. The number of aryl methyl sites for hydroxylation is 1. The highest BCUT2D eigenvalue weighted by Gasteiger charge is 2.51. The van der Waals surface area contributed by atoms with Gasteiger partial charge in [-0.1, -0.05) is 0 Å². The third-order valence-corrected chi connectivity index (χ3v) is 9.83. The highest BCUT2D eigenvalue weighted by atomic mass is 32.1. The van der Waals surface area contributed by atoms with Crippen molar-refractivity contribution in [2.45, 2.75) is 37.9 Å². The Balaban J connectivity index is 1.31. The number of nitrogens with zero attached hydrogens (tertiary/aromatic N) is 6. The summed E-state index contributed by atoms with van der Waals surface area (Å²) >= 11 is 1.79. The molecule has 0 radical (unpaired) electrons. The van der Waals surface area contributed by atoms with Gasteiger partial charge < -0.3 is 9.72 Å². The molecule has 1 spiro atoms. The Bertz CT molecular complexity index is 1740. The van der Waals surface area contributed by atoms with Crippen LogP contribution in [0.1, 0.15) is 36.8 Å². The summed E-state index contributed by atoms with van der Waals surface area (Å²) in [6.07, 6.45) is 13.7. The van der Waals surface area contributed by atoms with Crippen molar-refractivity contribution in [2.24, 2.45) is 12.5 Å². The lowest BCUT2D eigenvalue weighted by molar-refractivity contribution is -0.0296. The van der Waals surface area contributed by atoms with Crippen LogP contribution in [0.3, 0.4) is 0 Å². The molecule has 1 aliphatic carbocycles. The molecule has 1 atom stereocenters. The second-order valence-corrected chi connectivity index (χ2v) is 12.3. The van der Waals surface area contributed by atoms with Crippen LogP contribution in [0.15, 0.2) is 43.1 Å². The largest absolute Gasteiger partial charge is 0.364 e. The standard InChI is InChI=1S/C29H27N7OS/c1-35-14-19(13-33-35)26-23(22-10-18-11-31-8-2-21(18)38-22)24-25-20(12-32-27(24)34-26)15-37-29(25)6-9-36(17-29)16-28(3-4-28)5-7-30/h2,8,10-14H,3-6,9,15-17H2,1H3,(H,32,34). The Labute approximate surface area is 223 Å². The molecule has 1 N–H and O–H groups in total. The number of pyridine rings is 2. The van der Waals surface area contributed by atoms with Gasteiger partial charge in [-0.25, -0.2) is 4.98 Å². The molecule has 1 unspecified atom stereocenters. The van der Waals surface area contributed by atoms with Gasteiger partial charge in [-0.05, 0) is 36.8 Å². The van der Waals surface area contributed by atoms with E-state index < -0.39 is 0 Å². The Morgan fingerprint density at radius 1 is 1.24 bits per heavy atom. The smallest absolute Gasteiger partial charge is 0.138 e. The molecule has 9 heteroatoms. The topological polar surface area (TPSA) is 95.7 Å². The first-order valence-electron chi connectivity index (χ1n) is 13.2. The Morgan fingerprint density at radius 2 is 2.16 bits per heavy atom. The van der Waals surface area contributed by atoms with Crippen molar-refractivity contribution in [3.05, 3.63) is 54.2 Å². The van der Waals surface area contributed by atoms with Gasteiger partial charge in [-0.2, -0.15) is 10.4 Å². The fourth-order valence-electron chi connectivity index (χ4n) is 6.66. The number of hydrogen-bond acceptors (Lipinski definition) is 7. The van der Waals surface area contributed by atoms with Crippen LogP contribution in [0, 0.1) is 16.7 Å². The molecule has 0 bridgehead atoms. The zero-order valence-corrected chi connectivity index (χ0v) is 22.0. The molecule has 1 saturated carbocycles. The number of rotatable bonds is 5. The van der Waals surface area contributed by atoms with Crippen molar-refractivity contribution < 1.29 is 4.74 Å². The minimum atomic E-state index is -0.360. The van der Waals surface area contributed by atoms with Crippen LogP contribution in [-0.4, -0.2) is 49.3 Å². The predicted octanol–water partition coefficient (Wildman–Crippen LogP) is 5.37. The van der Waals surface area contributed by atoms with E-state index in [1.54, 1.807) is 11.3 Å². The number of nitrogens with one attached hydrogen (secondary N) is 1. The summed E-state index contributed by atoms with van der Waals surface area (Å²) in [5, 5.41) is 16.1. The third-order valence-electron chi connectivity index (χ3n) is 8.70. The van der Waals surface area contributed by atoms with Crippen LogP contribution < -0.4 is 0 Å². The van der Waals surface area contributed by atoms with Gasteiger partial charge in [0.05, 0.1) is 24.6 Å². The molecule has 38 heavy (non-hydrogen) atoms. The van der Waals surface area contributed by atoms with Crippen molar-refractivity contribution in [3.8, 4) is 27.8 Å². The van der Waals surface area contributed by atoms with Gasteiger partial charge in [-0.3, -0.25) is 14.6 Å². The second-order valence-electron chi connectivity index (χ2n) is 11.3. The summed E-state index contributed by atoms with van der Waals surface area (Å²) < 4.78 is 9.74. The highest BCUT2D eigenvalue weighted by Crippen LogP contribution is 2.54. The summed E-state index contributed by atoms with van der Waals surface area (Å²) in [5.74, 6) is 0. The molecule has 0 aromatic carbocycles. The number of hydrogen-bond donors (Lipinski definition) is 1. The van der Waals surface area contributed by atoms with E-state index in [1.807, 2.05) is 36.5 Å². The average Bonchev–Trinajstić information content (AvgIpc) is 3.44. The molecular formula is C29H27N7OS. The van der Waals surface area contributed by atoms with Crippen LogP contribution in [0.25, 0.3) is 42.8 Å². The number of aromatic amines is 1. The quantitative estimate of drug-likeness (QED) is 0.334. The minimum absolute atomic E-state index is 0.188. The molecule has 0 amide bonds. The Hall–Kier alpha value is -3.58. The molecule has 190 valence electrons. The van der Waals surface area contributed by atoms with E-state index >= 15 is 0 Å². The summed E-state index contributed by atoms with van der Waals surface area (Å²) in [6.45, 7) is 3.41. The van der Waals surface area contributed by atoms with Crippen molar-refractivity contribution >= 4 is 32.5 Å². The summed E-state index contributed by atoms with van der Waals surface area (Å²) in [6, 6.07) is 6.75. The van der Waals surface area contributed by atoms with E-state index in [4.69, 9.17) is 9.72 Å². The van der Waals surface area contributed by atoms with E-state index in [0.29, 0.717) is 13.0 Å². The molecule has 5 aromatic heterocycles. The number of nitriles is 1. The van der Waals surface area contributed by atoms with Crippen LogP contribution in [0.2, 0.25) is 0 Å². The van der Waals surface area contributed by atoms with Crippen molar-refractivity contribution in [2.75, 3.05) is 19.6 Å². The van der Waals surface area contributed by atoms with Gasteiger partial charge >= 0.3 is 0 Å². The lowest BCUT2D eigenvalue weighted by atomic mass is 9.88. The lowest BCUT2D eigenvalue weighted by Gasteiger charge is -2.27. The number of ether oxygens (including phenoxy) is 1. The SMILES string of the molecule is Cn1cc(-c2[nH]c3ncc4c(c3c2-c2cc3cnccc3s2)C2(CCN(CC3(CC#N)CC3)C2)OC4)cn1. The van der Waals surface area contributed by atoms with Gasteiger partial charge in [0.25, 0.3) is 0 Å². The maximum atomic E-state index is 9.35. The second kappa shape index (κ2) is 7.96. The molecule has 2 fully saturated rings. The number of thiophene rings is 1. The lowest BCUT2D eigenvalue weighted by Crippen LogP contribution is -2.34. The number of fused-ring (bicyclic) bond motifs is 5. The van der Waals surface area contributed by atoms with Gasteiger partial charge in [-0.15, -0.1) is 11.3 Å².